The molecule has 0 bridgehead atoms. The molecule has 20 heavy (non-hydrogen) atoms. The second-order valence-electron chi connectivity index (χ2n) is 5.76. The largest absolute Gasteiger partial charge is 0.309 e. The zero-order valence-electron chi connectivity index (χ0n) is 12.9. The third kappa shape index (κ3) is 6.85. The normalized spacial score (nSPS) is 16.1. The topological polar surface area (TPSA) is 40.6 Å². The van der Waals surface area contributed by atoms with E-state index in [0.717, 1.165) is 12.8 Å². The number of unbranched alkanes of at least 4 members (excludes halogenated alkanes) is 6. The lowest BCUT2D eigenvalue weighted by atomic mass is 10.1. The monoisotopic (exact) mass is 280 g/mol. The molecule has 114 valence electrons. The van der Waals surface area contributed by atoms with Gasteiger partial charge in [-0.3, -0.25) is 14.5 Å². The van der Waals surface area contributed by atoms with Gasteiger partial charge in [-0.1, -0.05) is 31.8 Å². The highest BCUT2D eigenvalue weighted by Crippen LogP contribution is 2.13. The summed E-state index contributed by atoms with van der Waals surface area (Å²) in [6, 6.07) is 0. The van der Waals surface area contributed by atoms with Crippen LogP contribution in [0.4, 0.5) is 0 Å². The smallest absolute Gasteiger partial charge is 0.233 e. The van der Waals surface area contributed by atoms with Crippen molar-refractivity contribution in [2.45, 2.75) is 57.8 Å². The van der Waals surface area contributed by atoms with Crippen molar-refractivity contribution in [2.24, 2.45) is 0 Å². The van der Waals surface area contributed by atoms with Gasteiger partial charge in [0.05, 0.1) is 0 Å². The van der Waals surface area contributed by atoms with Gasteiger partial charge < -0.3 is 4.90 Å². The maximum Gasteiger partial charge on any atom is 0.233 e. The number of hydrogen-bond donors (Lipinski definition) is 0. The summed E-state index contributed by atoms with van der Waals surface area (Å²) in [5, 5.41) is 0. The Balaban J connectivity index is 1.94. The summed E-state index contributed by atoms with van der Waals surface area (Å²) in [6.45, 7) is 1.18. The van der Waals surface area contributed by atoms with E-state index in [9.17, 15) is 9.59 Å². The van der Waals surface area contributed by atoms with Crippen LogP contribution < -0.4 is 0 Å². The van der Waals surface area contributed by atoms with Gasteiger partial charge in [-0.25, -0.2) is 0 Å². The molecular weight excluding hydrogens is 252 g/mol. The summed E-state index contributed by atoms with van der Waals surface area (Å²) < 4.78 is 0. The van der Waals surface area contributed by atoms with Crippen molar-refractivity contribution in [3.63, 3.8) is 0 Å². The molecule has 4 heteroatoms. The van der Waals surface area contributed by atoms with Crippen LogP contribution in [-0.2, 0) is 9.59 Å². The number of carbonyl (C=O) groups is 2. The molecule has 0 radical (unpaired) electrons. The number of nitrogens with zero attached hydrogens (tertiary/aromatic N) is 2. The van der Waals surface area contributed by atoms with Crippen LogP contribution in [0, 0.1) is 0 Å². The summed E-state index contributed by atoms with van der Waals surface area (Å²) in [5.74, 6) is -0.126. The first-order valence-corrected chi connectivity index (χ1v) is 7.77. The standard InChI is InChI=1S/C16H28N2O2/c1-17(2)13-9-7-5-3-4-6-8-10-14-18-15(19)11-12-16(18)20/h10,14H,3-9,11-13H2,1-2H3. The van der Waals surface area contributed by atoms with Gasteiger partial charge in [-0.15, -0.1) is 0 Å². The van der Waals surface area contributed by atoms with Gasteiger partial charge in [0.15, 0.2) is 0 Å². The number of carbonyl (C=O) groups excluding carboxylic acids is 2. The third-order valence-electron chi connectivity index (χ3n) is 3.57. The zero-order valence-corrected chi connectivity index (χ0v) is 12.9. The quantitative estimate of drug-likeness (QED) is 0.456. The minimum absolute atomic E-state index is 0.0628. The average molecular weight is 280 g/mol. The van der Waals surface area contributed by atoms with Crippen molar-refractivity contribution < 1.29 is 9.59 Å². The van der Waals surface area contributed by atoms with Crippen LogP contribution in [0.2, 0.25) is 0 Å². The molecule has 1 aliphatic heterocycles. The van der Waals surface area contributed by atoms with Crippen molar-refractivity contribution >= 4 is 11.8 Å². The minimum Gasteiger partial charge on any atom is -0.309 e. The Labute approximate surface area is 122 Å². The molecule has 0 unspecified atom stereocenters. The molecule has 0 aromatic rings. The van der Waals surface area contributed by atoms with Gasteiger partial charge in [0, 0.05) is 19.0 Å². The molecule has 0 aromatic heterocycles. The van der Waals surface area contributed by atoms with Gasteiger partial charge in [0.2, 0.25) is 11.8 Å². The van der Waals surface area contributed by atoms with E-state index in [1.54, 1.807) is 6.20 Å². The lowest BCUT2D eigenvalue weighted by Crippen LogP contribution is -2.22. The van der Waals surface area contributed by atoms with Gasteiger partial charge in [-0.05, 0) is 39.9 Å². The Bertz CT molecular complexity index is 321. The third-order valence-corrected chi connectivity index (χ3v) is 3.57. The fourth-order valence-corrected chi connectivity index (χ4v) is 2.34. The van der Waals surface area contributed by atoms with Gasteiger partial charge in [0.25, 0.3) is 0 Å². The van der Waals surface area contributed by atoms with E-state index < -0.39 is 0 Å². The predicted molar refractivity (Wildman–Crippen MR) is 81.1 cm³/mol. The zero-order chi connectivity index (χ0) is 14.8. The highest BCUT2D eigenvalue weighted by Gasteiger charge is 2.26. The van der Waals surface area contributed by atoms with Gasteiger partial charge in [0.1, 0.15) is 0 Å². The molecule has 1 saturated heterocycles. The number of likely N-dealkylation sites (tertiary alicyclic amines) is 1. The summed E-state index contributed by atoms with van der Waals surface area (Å²) in [6.07, 6.45) is 12.9. The highest BCUT2D eigenvalue weighted by atomic mass is 16.2. The first-order chi connectivity index (χ1) is 9.61. The number of amides is 2. The Kier molecular flexibility index (Phi) is 8.19. The first kappa shape index (κ1) is 16.9. The molecule has 0 atom stereocenters. The van der Waals surface area contributed by atoms with Crippen molar-refractivity contribution in [3.8, 4) is 0 Å². The molecule has 1 heterocycles. The lowest BCUT2D eigenvalue weighted by molar-refractivity contribution is -0.135. The SMILES string of the molecule is CN(C)CCCCCCCCC=CN1C(=O)CCC1=O. The van der Waals surface area contributed by atoms with Crippen LogP contribution in [0.3, 0.4) is 0 Å². The van der Waals surface area contributed by atoms with Crippen LogP contribution in [0.5, 0.6) is 0 Å². The molecule has 1 rings (SSSR count). The Morgan fingerprint density at radius 3 is 2.10 bits per heavy atom. The molecule has 4 nitrogen and oxygen atoms in total. The molecule has 1 fully saturated rings. The summed E-state index contributed by atoms with van der Waals surface area (Å²) in [7, 11) is 4.23. The van der Waals surface area contributed by atoms with Crippen molar-refractivity contribution in [3.05, 3.63) is 12.3 Å². The van der Waals surface area contributed by atoms with Crippen LogP contribution >= 0.6 is 0 Å². The van der Waals surface area contributed by atoms with Crippen molar-refractivity contribution in [2.75, 3.05) is 20.6 Å². The lowest BCUT2D eigenvalue weighted by Gasteiger charge is -2.08. The minimum atomic E-state index is -0.0628. The number of rotatable bonds is 10. The fraction of sp³-hybridized carbons (Fsp3) is 0.750. The second-order valence-corrected chi connectivity index (χ2v) is 5.76. The maximum absolute atomic E-state index is 11.3. The fourth-order valence-electron chi connectivity index (χ4n) is 2.34. The van der Waals surface area contributed by atoms with E-state index in [0.29, 0.717) is 12.8 Å². The summed E-state index contributed by atoms with van der Waals surface area (Å²) in [4.78, 5) is 26.2. The number of hydrogen-bond acceptors (Lipinski definition) is 3. The molecule has 1 aliphatic rings. The Morgan fingerprint density at radius 2 is 1.50 bits per heavy atom. The van der Waals surface area contributed by atoms with Crippen molar-refractivity contribution in [1.29, 1.82) is 0 Å². The Morgan fingerprint density at radius 1 is 0.950 bits per heavy atom. The average Bonchev–Trinajstić information content (AvgIpc) is 2.71. The van der Waals surface area contributed by atoms with Crippen molar-refractivity contribution in [1.82, 2.24) is 9.80 Å². The second kappa shape index (κ2) is 9.70. The Hall–Kier alpha value is -1.16. The molecule has 0 N–H and O–H groups in total. The van der Waals surface area contributed by atoms with E-state index >= 15 is 0 Å². The van der Waals surface area contributed by atoms with Crippen LogP contribution in [0.25, 0.3) is 0 Å². The van der Waals surface area contributed by atoms with Crippen LogP contribution in [-0.4, -0.2) is 42.3 Å². The predicted octanol–water partition coefficient (Wildman–Crippen LogP) is 2.94. The number of allylic oxidation sites excluding steroid dienone is 1. The highest BCUT2D eigenvalue weighted by molar-refractivity contribution is 6.02. The summed E-state index contributed by atoms with van der Waals surface area (Å²) >= 11 is 0. The van der Waals surface area contributed by atoms with Gasteiger partial charge in [-0.2, -0.15) is 0 Å². The number of imide groups is 1. The molecule has 0 saturated carbocycles. The first-order valence-electron chi connectivity index (χ1n) is 7.77. The molecule has 0 aliphatic carbocycles. The van der Waals surface area contributed by atoms with Gasteiger partial charge >= 0.3 is 0 Å². The van der Waals surface area contributed by atoms with E-state index in [4.69, 9.17) is 0 Å². The van der Waals surface area contributed by atoms with E-state index in [1.807, 2.05) is 6.08 Å². The molecule has 2 amide bonds. The van der Waals surface area contributed by atoms with E-state index in [-0.39, 0.29) is 11.8 Å². The molecule has 0 spiro atoms. The maximum atomic E-state index is 11.3. The van der Waals surface area contributed by atoms with E-state index in [2.05, 4.69) is 19.0 Å². The molecule has 0 aromatic carbocycles. The summed E-state index contributed by atoms with van der Waals surface area (Å²) in [5.41, 5.74) is 0. The van der Waals surface area contributed by atoms with Crippen LogP contribution in [0.1, 0.15) is 57.8 Å². The molecular formula is C16H28N2O2. The van der Waals surface area contributed by atoms with Crippen LogP contribution in [0.15, 0.2) is 12.3 Å². The van der Waals surface area contributed by atoms with E-state index in [1.165, 1.54) is 43.5 Å².